The third-order valence-electron chi connectivity index (χ3n) is 4.29. The zero-order valence-electron chi connectivity index (χ0n) is 14.9. The molecule has 0 saturated heterocycles. The van der Waals surface area contributed by atoms with Crippen molar-refractivity contribution in [3.63, 3.8) is 0 Å². The van der Waals surface area contributed by atoms with Crippen molar-refractivity contribution in [3.05, 3.63) is 89.4 Å². The number of hydrogen-bond donors (Lipinski definition) is 1. The van der Waals surface area contributed by atoms with Crippen LogP contribution >= 0.6 is 11.6 Å². The van der Waals surface area contributed by atoms with Gasteiger partial charge in [-0.2, -0.15) is 0 Å². The molecule has 0 aliphatic rings. The first-order chi connectivity index (χ1) is 13.7. The van der Waals surface area contributed by atoms with Crippen LogP contribution in [0.25, 0.3) is 22.1 Å². The first kappa shape index (κ1) is 18.2. The van der Waals surface area contributed by atoms with Gasteiger partial charge < -0.3 is 4.42 Å². The second-order valence-electron chi connectivity index (χ2n) is 6.25. The molecule has 6 heteroatoms. The molecule has 0 aliphatic carbocycles. The van der Waals surface area contributed by atoms with E-state index in [2.05, 4.69) is 10.5 Å². The van der Waals surface area contributed by atoms with E-state index in [4.69, 9.17) is 20.9 Å². The lowest BCUT2D eigenvalue weighted by Crippen LogP contribution is -2.25. The Balaban J connectivity index is 1.33. The number of oxazole rings is 1. The van der Waals surface area contributed by atoms with Crippen LogP contribution < -0.4 is 5.48 Å². The Hall–Kier alpha value is -3.15. The molecule has 5 nitrogen and oxygen atoms in total. The maximum atomic E-state index is 12.2. The summed E-state index contributed by atoms with van der Waals surface area (Å²) in [6.07, 6.45) is 1.84. The highest BCUT2D eigenvalue weighted by Crippen LogP contribution is 2.22. The summed E-state index contributed by atoms with van der Waals surface area (Å²) in [4.78, 5) is 21.6. The molecule has 1 amide bonds. The van der Waals surface area contributed by atoms with Gasteiger partial charge in [0, 0.05) is 10.6 Å². The van der Waals surface area contributed by atoms with Gasteiger partial charge >= 0.3 is 0 Å². The highest BCUT2D eigenvalue weighted by molar-refractivity contribution is 6.30. The number of fused-ring (bicyclic) bond motifs is 1. The zero-order valence-corrected chi connectivity index (χ0v) is 15.6. The van der Waals surface area contributed by atoms with E-state index in [-0.39, 0.29) is 18.9 Å². The van der Waals surface area contributed by atoms with Gasteiger partial charge in [-0.3, -0.25) is 9.63 Å². The molecule has 0 spiro atoms. The number of halogens is 1. The highest BCUT2D eigenvalue weighted by Gasteiger charge is 2.09. The molecule has 1 N–H and O–H groups in total. The van der Waals surface area contributed by atoms with Crippen LogP contribution in [0.5, 0.6) is 0 Å². The molecule has 0 unspecified atom stereocenters. The molecular weight excluding hydrogens is 376 g/mol. The first-order valence-electron chi connectivity index (χ1n) is 8.77. The highest BCUT2D eigenvalue weighted by atomic mass is 35.5. The van der Waals surface area contributed by atoms with E-state index < -0.39 is 0 Å². The zero-order chi connectivity index (χ0) is 19.3. The van der Waals surface area contributed by atoms with E-state index in [0.717, 1.165) is 21.9 Å². The van der Waals surface area contributed by atoms with Gasteiger partial charge in [0.1, 0.15) is 0 Å². The van der Waals surface area contributed by atoms with Crippen molar-refractivity contribution in [2.45, 2.75) is 13.0 Å². The average molecular weight is 393 g/mol. The Morgan fingerprint density at radius 2 is 1.82 bits per heavy atom. The predicted octanol–water partition coefficient (Wildman–Crippen LogP) is 4.94. The van der Waals surface area contributed by atoms with E-state index in [9.17, 15) is 4.79 Å². The van der Waals surface area contributed by atoms with Gasteiger partial charge in [-0.25, -0.2) is 10.5 Å². The number of nitrogens with one attached hydrogen (secondary N) is 1. The number of hydroxylamine groups is 1. The quantitative estimate of drug-likeness (QED) is 0.472. The van der Waals surface area contributed by atoms with Crippen molar-refractivity contribution in [2.75, 3.05) is 0 Å². The van der Waals surface area contributed by atoms with Crippen LogP contribution in [0.15, 0.2) is 77.3 Å². The van der Waals surface area contributed by atoms with Gasteiger partial charge in [-0.1, -0.05) is 54.1 Å². The molecule has 0 saturated carbocycles. The van der Waals surface area contributed by atoms with Crippen molar-refractivity contribution in [3.8, 4) is 11.3 Å². The first-order valence-corrected chi connectivity index (χ1v) is 9.15. The number of carbonyl (C=O) groups is 1. The lowest BCUT2D eigenvalue weighted by Gasteiger charge is -2.07. The van der Waals surface area contributed by atoms with E-state index in [1.807, 2.05) is 54.6 Å². The van der Waals surface area contributed by atoms with E-state index in [0.29, 0.717) is 16.7 Å². The molecule has 0 radical (unpaired) electrons. The van der Waals surface area contributed by atoms with Crippen molar-refractivity contribution in [2.24, 2.45) is 0 Å². The van der Waals surface area contributed by atoms with Crippen molar-refractivity contribution < 1.29 is 14.0 Å². The molecule has 4 rings (SSSR count). The Labute approximate surface area is 166 Å². The molecule has 1 aromatic heterocycles. The van der Waals surface area contributed by atoms with Crippen molar-refractivity contribution >= 4 is 28.3 Å². The van der Waals surface area contributed by atoms with E-state index >= 15 is 0 Å². The van der Waals surface area contributed by atoms with Gasteiger partial charge in [-0.05, 0) is 40.6 Å². The predicted molar refractivity (Wildman–Crippen MR) is 108 cm³/mol. The summed E-state index contributed by atoms with van der Waals surface area (Å²) in [7, 11) is 0. The fourth-order valence-corrected chi connectivity index (χ4v) is 3.08. The third-order valence-corrected chi connectivity index (χ3v) is 4.55. The summed E-state index contributed by atoms with van der Waals surface area (Å²) >= 11 is 5.89. The molecule has 0 aliphatic heterocycles. The standard InChI is InChI=1S/C22H17ClN2O3/c23-18-10-8-16(9-11-18)20-13-24-22(28-20)14-27-25-21(26)12-17-6-3-5-15-4-1-2-7-19(15)17/h1-11,13H,12,14H2,(H,25,26). The van der Waals surface area contributed by atoms with Crippen molar-refractivity contribution in [1.29, 1.82) is 0 Å². The van der Waals surface area contributed by atoms with Gasteiger partial charge in [0.05, 0.1) is 12.6 Å². The summed E-state index contributed by atoms with van der Waals surface area (Å²) < 4.78 is 5.64. The minimum absolute atomic E-state index is 0.0366. The smallest absolute Gasteiger partial charge is 0.247 e. The summed E-state index contributed by atoms with van der Waals surface area (Å²) in [5.74, 6) is 0.744. The number of rotatable bonds is 6. The van der Waals surface area contributed by atoms with Crippen LogP contribution in [0.2, 0.25) is 5.02 Å². The SMILES string of the molecule is O=C(Cc1cccc2ccccc12)NOCc1ncc(-c2ccc(Cl)cc2)o1. The van der Waals surface area contributed by atoms with Crippen LogP contribution in [0.3, 0.4) is 0 Å². The maximum Gasteiger partial charge on any atom is 0.247 e. The van der Waals surface area contributed by atoms with Crippen molar-refractivity contribution in [1.82, 2.24) is 10.5 Å². The number of hydrogen-bond acceptors (Lipinski definition) is 4. The van der Waals surface area contributed by atoms with Crippen LogP contribution in [0.1, 0.15) is 11.5 Å². The third kappa shape index (κ3) is 4.22. The Morgan fingerprint density at radius 3 is 2.68 bits per heavy atom. The molecule has 4 aromatic rings. The van der Waals surface area contributed by atoms with Gasteiger partial charge in [0.25, 0.3) is 0 Å². The summed E-state index contributed by atoms with van der Waals surface area (Å²) in [5.41, 5.74) is 4.25. The molecule has 1 heterocycles. The normalized spacial score (nSPS) is 10.9. The number of aromatic nitrogens is 1. The lowest BCUT2D eigenvalue weighted by atomic mass is 10.0. The Kier molecular flexibility index (Phi) is 5.37. The summed E-state index contributed by atoms with van der Waals surface area (Å²) in [5, 5.41) is 2.81. The number of amides is 1. The fourth-order valence-electron chi connectivity index (χ4n) is 2.96. The topological polar surface area (TPSA) is 64.4 Å². The Bertz CT molecular complexity index is 1100. The second-order valence-corrected chi connectivity index (χ2v) is 6.69. The van der Waals surface area contributed by atoms with E-state index in [1.54, 1.807) is 18.3 Å². The average Bonchev–Trinajstić information content (AvgIpc) is 3.18. The summed E-state index contributed by atoms with van der Waals surface area (Å²) in [6, 6.07) is 21.1. The number of carbonyl (C=O) groups excluding carboxylic acids is 1. The molecule has 0 atom stereocenters. The second kappa shape index (κ2) is 8.25. The minimum Gasteiger partial charge on any atom is -0.438 e. The number of nitrogens with zero attached hydrogens (tertiary/aromatic N) is 1. The molecule has 0 bridgehead atoms. The molecular formula is C22H17ClN2O3. The van der Waals surface area contributed by atoms with Crippen LogP contribution in [0.4, 0.5) is 0 Å². The van der Waals surface area contributed by atoms with Gasteiger partial charge in [-0.15, -0.1) is 0 Å². The lowest BCUT2D eigenvalue weighted by molar-refractivity contribution is -0.134. The van der Waals surface area contributed by atoms with Crippen LogP contribution in [0, 0.1) is 0 Å². The fraction of sp³-hybridized carbons (Fsp3) is 0.0909. The largest absolute Gasteiger partial charge is 0.438 e. The minimum atomic E-state index is -0.235. The Morgan fingerprint density at radius 1 is 1.04 bits per heavy atom. The van der Waals surface area contributed by atoms with Gasteiger partial charge in [0.2, 0.25) is 11.8 Å². The molecule has 3 aromatic carbocycles. The maximum absolute atomic E-state index is 12.2. The van der Waals surface area contributed by atoms with Gasteiger partial charge in [0.15, 0.2) is 12.4 Å². The number of benzene rings is 3. The molecule has 140 valence electrons. The molecule has 0 fully saturated rings. The van der Waals surface area contributed by atoms with E-state index in [1.165, 1.54) is 0 Å². The molecule has 28 heavy (non-hydrogen) atoms. The van der Waals surface area contributed by atoms with Crippen LogP contribution in [-0.2, 0) is 22.7 Å². The van der Waals surface area contributed by atoms with Crippen LogP contribution in [-0.4, -0.2) is 10.9 Å². The monoisotopic (exact) mass is 392 g/mol. The summed E-state index contributed by atoms with van der Waals surface area (Å²) in [6.45, 7) is 0.0366.